The van der Waals surface area contributed by atoms with E-state index < -0.39 is 0 Å². The predicted molar refractivity (Wildman–Crippen MR) is 74.1 cm³/mol. The number of rotatable bonds is 3. The normalized spacial score (nSPS) is 30.9. The summed E-state index contributed by atoms with van der Waals surface area (Å²) in [6.07, 6.45) is 6.61. The van der Waals surface area contributed by atoms with Crippen LogP contribution in [0.15, 0.2) is 0 Å². The van der Waals surface area contributed by atoms with Crippen LogP contribution in [0.4, 0.5) is 0 Å². The maximum Gasteiger partial charge on any atom is 0.223 e. The van der Waals surface area contributed by atoms with Crippen molar-refractivity contribution in [2.45, 2.75) is 64.8 Å². The summed E-state index contributed by atoms with van der Waals surface area (Å²) in [5.74, 6) is 1.25. The lowest BCUT2D eigenvalue weighted by Gasteiger charge is -2.36. The molecule has 0 aromatic heterocycles. The summed E-state index contributed by atoms with van der Waals surface area (Å²) < 4.78 is 0. The fraction of sp³-hybridized carbons (Fsp3) is 0.933. The van der Waals surface area contributed by atoms with Gasteiger partial charge in [-0.05, 0) is 49.9 Å². The lowest BCUT2D eigenvalue weighted by molar-refractivity contribution is -0.127. The van der Waals surface area contributed by atoms with Gasteiger partial charge in [-0.2, -0.15) is 0 Å². The minimum absolute atomic E-state index is 0.0298. The van der Waals surface area contributed by atoms with E-state index in [0.29, 0.717) is 12.0 Å². The number of carbonyl (C=O) groups is 1. The van der Waals surface area contributed by atoms with Crippen molar-refractivity contribution in [2.24, 2.45) is 23.0 Å². The third-order valence-electron chi connectivity index (χ3n) is 4.96. The zero-order valence-electron chi connectivity index (χ0n) is 12.1. The van der Waals surface area contributed by atoms with E-state index in [2.05, 4.69) is 26.1 Å². The molecule has 1 amide bonds. The van der Waals surface area contributed by atoms with Crippen molar-refractivity contribution in [2.75, 3.05) is 6.54 Å². The predicted octanol–water partition coefficient (Wildman–Crippen LogP) is 2.45. The van der Waals surface area contributed by atoms with Crippen molar-refractivity contribution in [3.63, 3.8) is 0 Å². The maximum absolute atomic E-state index is 12.2. The van der Waals surface area contributed by atoms with Crippen LogP contribution in [-0.4, -0.2) is 18.0 Å². The zero-order chi connectivity index (χ0) is 13.4. The number of carbonyl (C=O) groups excluding carboxylic acids is 1. The summed E-state index contributed by atoms with van der Waals surface area (Å²) in [5.41, 5.74) is 6.07. The van der Waals surface area contributed by atoms with Gasteiger partial charge in [0.1, 0.15) is 0 Å². The first-order valence-corrected chi connectivity index (χ1v) is 7.38. The summed E-state index contributed by atoms with van der Waals surface area (Å²) in [6.45, 7) is 7.53. The number of hydrogen-bond donors (Lipinski definition) is 2. The van der Waals surface area contributed by atoms with Crippen molar-refractivity contribution >= 4 is 5.91 Å². The summed E-state index contributed by atoms with van der Waals surface area (Å²) in [6, 6.07) is 0. The number of nitrogens with two attached hydrogens (primary N) is 1. The van der Waals surface area contributed by atoms with E-state index in [-0.39, 0.29) is 17.4 Å². The van der Waals surface area contributed by atoms with Crippen LogP contribution in [0.3, 0.4) is 0 Å². The van der Waals surface area contributed by atoms with Crippen LogP contribution in [0, 0.1) is 17.3 Å². The molecule has 3 heteroatoms. The van der Waals surface area contributed by atoms with Gasteiger partial charge in [-0.25, -0.2) is 0 Å². The third kappa shape index (κ3) is 3.05. The van der Waals surface area contributed by atoms with Gasteiger partial charge in [-0.1, -0.05) is 20.8 Å². The molecule has 2 aliphatic rings. The van der Waals surface area contributed by atoms with Crippen molar-refractivity contribution in [3.05, 3.63) is 0 Å². The third-order valence-corrected chi connectivity index (χ3v) is 4.96. The Balaban J connectivity index is 1.81. The molecule has 0 aromatic rings. The Hall–Kier alpha value is -0.570. The Labute approximate surface area is 111 Å². The van der Waals surface area contributed by atoms with Gasteiger partial charge in [0.05, 0.1) is 5.54 Å². The summed E-state index contributed by atoms with van der Waals surface area (Å²) in [5, 5.41) is 3.18. The number of nitrogens with one attached hydrogen (secondary N) is 1. The Kier molecular flexibility index (Phi) is 3.72. The Morgan fingerprint density at radius 1 is 1.22 bits per heavy atom. The largest absolute Gasteiger partial charge is 0.349 e. The maximum atomic E-state index is 12.2. The van der Waals surface area contributed by atoms with E-state index >= 15 is 0 Å². The molecule has 0 unspecified atom stereocenters. The Morgan fingerprint density at radius 2 is 1.78 bits per heavy atom. The van der Waals surface area contributed by atoms with Gasteiger partial charge < -0.3 is 11.1 Å². The molecular formula is C15H28N2O. The first-order valence-electron chi connectivity index (χ1n) is 7.38. The average Bonchev–Trinajstić information content (AvgIpc) is 3.08. The molecule has 18 heavy (non-hydrogen) atoms. The molecule has 0 radical (unpaired) electrons. The van der Waals surface area contributed by atoms with E-state index in [4.69, 9.17) is 5.73 Å². The molecule has 2 saturated carbocycles. The lowest BCUT2D eigenvalue weighted by atomic mass is 9.69. The van der Waals surface area contributed by atoms with Crippen LogP contribution < -0.4 is 11.1 Å². The van der Waals surface area contributed by atoms with Gasteiger partial charge in [0.25, 0.3) is 0 Å². The molecular weight excluding hydrogens is 224 g/mol. The molecule has 2 rings (SSSR count). The second-order valence-electron chi connectivity index (χ2n) is 7.39. The number of hydrogen-bond acceptors (Lipinski definition) is 2. The second kappa shape index (κ2) is 4.84. The van der Waals surface area contributed by atoms with Crippen molar-refractivity contribution < 1.29 is 4.79 Å². The van der Waals surface area contributed by atoms with Gasteiger partial charge in [0.15, 0.2) is 0 Å². The molecule has 3 N–H and O–H groups in total. The highest BCUT2D eigenvalue weighted by Gasteiger charge is 2.44. The van der Waals surface area contributed by atoms with E-state index in [1.165, 1.54) is 12.8 Å². The molecule has 0 aromatic carbocycles. The van der Waals surface area contributed by atoms with Crippen LogP contribution in [0.2, 0.25) is 0 Å². The minimum Gasteiger partial charge on any atom is -0.349 e. The van der Waals surface area contributed by atoms with Crippen molar-refractivity contribution in [3.8, 4) is 0 Å². The van der Waals surface area contributed by atoms with Gasteiger partial charge in [-0.15, -0.1) is 0 Å². The summed E-state index contributed by atoms with van der Waals surface area (Å²) >= 11 is 0. The fourth-order valence-electron chi connectivity index (χ4n) is 3.12. The molecule has 0 saturated heterocycles. The molecule has 0 bridgehead atoms. The first-order chi connectivity index (χ1) is 8.36. The first kappa shape index (κ1) is 13.9. The van der Waals surface area contributed by atoms with Crippen LogP contribution in [0.5, 0.6) is 0 Å². The van der Waals surface area contributed by atoms with Crippen LogP contribution in [0.1, 0.15) is 59.3 Å². The highest BCUT2D eigenvalue weighted by molar-refractivity contribution is 5.80. The lowest BCUT2D eigenvalue weighted by Crippen LogP contribution is -2.46. The quantitative estimate of drug-likeness (QED) is 0.810. The molecule has 104 valence electrons. The molecule has 0 spiro atoms. The van der Waals surface area contributed by atoms with Crippen LogP contribution in [-0.2, 0) is 4.79 Å². The van der Waals surface area contributed by atoms with E-state index in [0.717, 1.165) is 31.6 Å². The SMILES string of the molecule is CC(C)(C)C1CCC(C(=O)NC2(CN)CC2)CC1. The molecule has 2 fully saturated rings. The average molecular weight is 252 g/mol. The van der Waals surface area contributed by atoms with E-state index in [9.17, 15) is 4.79 Å². The summed E-state index contributed by atoms with van der Waals surface area (Å²) in [4.78, 5) is 12.2. The monoisotopic (exact) mass is 252 g/mol. The second-order valence-corrected chi connectivity index (χ2v) is 7.39. The number of amides is 1. The summed E-state index contributed by atoms with van der Waals surface area (Å²) in [7, 11) is 0. The van der Waals surface area contributed by atoms with Crippen molar-refractivity contribution in [1.82, 2.24) is 5.32 Å². The molecule has 2 aliphatic carbocycles. The molecule has 0 atom stereocenters. The van der Waals surface area contributed by atoms with Gasteiger partial charge >= 0.3 is 0 Å². The van der Waals surface area contributed by atoms with Crippen LogP contribution in [0.25, 0.3) is 0 Å². The zero-order valence-corrected chi connectivity index (χ0v) is 12.1. The standard InChI is InChI=1S/C15H28N2O/c1-14(2,3)12-6-4-11(5-7-12)13(18)17-15(10-16)8-9-15/h11-12H,4-10,16H2,1-3H3,(H,17,18). The van der Waals surface area contributed by atoms with E-state index in [1.807, 2.05) is 0 Å². The van der Waals surface area contributed by atoms with Crippen LogP contribution >= 0.6 is 0 Å². The topological polar surface area (TPSA) is 55.1 Å². The van der Waals surface area contributed by atoms with Gasteiger partial charge in [0.2, 0.25) is 5.91 Å². The molecule has 3 nitrogen and oxygen atoms in total. The minimum atomic E-state index is -0.0298. The smallest absolute Gasteiger partial charge is 0.223 e. The fourth-order valence-corrected chi connectivity index (χ4v) is 3.12. The van der Waals surface area contributed by atoms with Gasteiger partial charge in [-0.3, -0.25) is 4.79 Å². The van der Waals surface area contributed by atoms with E-state index in [1.54, 1.807) is 0 Å². The van der Waals surface area contributed by atoms with Gasteiger partial charge in [0, 0.05) is 12.5 Å². The Morgan fingerprint density at radius 3 is 2.17 bits per heavy atom. The molecule has 0 heterocycles. The van der Waals surface area contributed by atoms with Crippen molar-refractivity contribution in [1.29, 1.82) is 0 Å². The highest BCUT2D eigenvalue weighted by Crippen LogP contribution is 2.41. The molecule has 0 aliphatic heterocycles. The highest BCUT2D eigenvalue weighted by atomic mass is 16.2. The Bertz CT molecular complexity index is 307.